The molecule has 1 aliphatic rings. The summed E-state index contributed by atoms with van der Waals surface area (Å²) in [5.41, 5.74) is 7.76. The van der Waals surface area contributed by atoms with E-state index >= 15 is 0 Å². The second-order valence-electron chi connectivity index (χ2n) is 8.88. The zero-order valence-corrected chi connectivity index (χ0v) is 19.0. The van der Waals surface area contributed by atoms with Crippen LogP contribution in [-0.4, -0.2) is 49.5 Å². The van der Waals surface area contributed by atoms with Crippen molar-refractivity contribution in [2.75, 3.05) is 37.7 Å². The zero-order valence-electron chi connectivity index (χ0n) is 19.0. The molecule has 172 valence electrons. The molecule has 1 aromatic rings. The molecule has 0 aliphatic carbocycles. The van der Waals surface area contributed by atoms with Gasteiger partial charge in [0.05, 0.1) is 12.8 Å². The summed E-state index contributed by atoms with van der Waals surface area (Å²) >= 11 is 0. The molecule has 1 aromatic heterocycles. The summed E-state index contributed by atoms with van der Waals surface area (Å²) in [7, 11) is 0. The molecule has 1 aliphatic heterocycles. The summed E-state index contributed by atoms with van der Waals surface area (Å²) in [5.74, 6) is 2.20. The van der Waals surface area contributed by atoms with Gasteiger partial charge in [-0.15, -0.1) is 0 Å². The maximum absolute atomic E-state index is 11.8. The number of amides is 1. The third-order valence-corrected chi connectivity index (χ3v) is 5.08. The summed E-state index contributed by atoms with van der Waals surface area (Å²) in [5, 5.41) is 6.41. The lowest BCUT2D eigenvalue weighted by molar-refractivity contribution is 0.0517. The molecule has 2 rings (SSSR count). The molecule has 1 N–H and O–H groups in total. The van der Waals surface area contributed by atoms with Crippen LogP contribution in [0, 0.1) is 5.92 Å². The van der Waals surface area contributed by atoms with E-state index in [2.05, 4.69) is 25.2 Å². The fraction of sp³-hybridized carbons (Fsp3) is 0.727. The van der Waals surface area contributed by atoms with Crippen molar-refractivity contribution in [1.82, 2.24) is 10.3 Å². The highest BCUT2D eigenvalue weighted by atomic mass is 16.6. The first kappa shape index (κ1) is 24.6. The van der Waals surface area contributed by atoms with Gasteiger partial charge < -0.3 is 19.7 Å². The summed E-state index contributed by atoms with van der Waals surface area (Å²) in [6.07, 6.45) is 7.46. The van der Waals surface area contributed by atoms with Crippen molar-refractivity contribution in [2.24, 2.45) is 11.0 Å². The van der Waals surface area contributed by atoms with Gasteiger partial charge in [0.25, 0.3) is 0 Å². The van der Waals surface area contributed by atoms with Crippen molar-refractivity contribution >= 4 is 11.9 Å². The minimum atomic E-state index is -0.469. The molecular weight excluding hydrogens is 396 g/mol. The van der Waals surface area contributed by atoms with Gasteiger partial charge in [-0.2, -0.15) is 0 Å². The second-order valence-corrected chi connectivity index (χ2v) is 8.88. The molecule has 9 nitrogen and oxygen atoms in total. The van der Waals surface area contributed by atoms with Crippen LogP contribution in [0.15, 0.2) is 23.4 Å². The SMILES string of the molecule is CC(C)(C)OC(=O)NCC1CCN(c2ccc(OCCCCCCN=[N+]=[N-])cn2)CC1. The predicted molar refractivity (Wildman–Crippen MR) is 121 cm³/mol. The van der Waals surface area contributed by atoms with E-state index < -0.39 is 5.60 Å². The van der Waals surface area contributed by atoms with Gasteiger partial charge in [0.1, 0.15) is 17.2 Å². The Kier molecular flexibility index (Phi) is 10.2. The summed E-state index contributed by atoms with van der Waals surface area (Å²) in [4.78, 5) is 21.4. The Morgan fingerprint density at radius 3 is 2.65 bits per heavy atom. The lowest BCUT2D eigenvalue weighted by Gasteiger charge is -2.33. The minimum Gasteiger partial charge on any atom is -0.492 e. The fourth-order valence-corrected chi connectivity index (χ4v) is 3.43. The predicted octanol–water partition coefficient (Wildman–Crippen LogP) is 5.07. The monoisotopic (exact) mass is 432 g/mol. The van der Waals surface area contributed by atoms with Gasteiger partial charge in [0.2, 0.25) is 0 Å². The van der Waals surface area contributed by atoms with Crippen molar-refractivity contribution in [3.8, 4) is 5.75 Å². The topological polar surface area (TPSA) is 112 Å². The van der Waals surface area contributed by atoms with Crippen LogP contribution in [-0.2, 0) is 4.74 Å². The number of nitrogens with one attached hydrogen (secondary N) is 1. The van der Waals surface area contributed by atoms with Crippen molar-refractivity contribution < 1.29 is 14.3 Å². The summed E-state index contributed by atoms with van der Waals surface area (Å²) < 4.78 is 11.1. The van der Waals surface area contributed by atoms with Crippen LogP contribution in [0.3, 0.4) is 0 Å². The van der Waals surface area contributed by atoms with Crippen molar-refractivity contribution in [1.29, 1.82) is 0 Å². The number of hydrogen-bond donors (Lipinski definition) is 1. The van der Waals surface area contributed by atoms with Gasteiger partial charge in [-0.3, -0.25) is 0 Å². The third kappa shape index (κ3) is 10.3. The Balaban J connectivity index is 1.62. The van der Waals surface area contributed by atoms with Crippen molar-refractivity contribution in [3.05, 3.63) is 28.8 Å². The van der Waals surface area contributed by atoms with Crippen LogP contribution >= 0.6 is 0 Å². The molecule has 1 amide bonds. The van der Waals surface area contributed by atoms with Gasteiger partial charge in [0, 0.05) is 31.1 Å². The molecule has 0 unspecified atom stereocenters. The van der Waals surface area contributed by atoms with Crippen LogP contribution in [0.25, 0.3) is 10.4 Å². The van der Waals surface area contributed by atoms with Crippen LogP contribution in [0.5, 0.6) is 5.75 Å². The highest BCUT2D eigenvalue weighted by molar-refractivity contribution is 5.67. The number of carbonyl (C=O) groups is 1. The van der Waals surface area contributed by atoms with Crippen LogP contribution in [0.2, 0.25) is 0 Å². The van der Waals surface area contributed by atoms with Gasteiger partial charge >= 0.3 is 6.09 Å². The smallest absolute Gasteiger partial charge is 0.407 e. The molecule has 2 heterocycles. The Morgan fingerprint density at radius 1 is 1.26 bits per heavy atom. The number of unbranched alkanes of at least 4 members (excludes halogenated alkanes) is 3. The maximum atomic E-state index is 11.8. The highest BCUT2D eigenvalue weighted by Crippen LogP contribution is 2.23. The second kappa shape index (κ2) is 12.9. The van der Waals surface area contributed by atoms with E-state index in [-0.39, 0.29) is 6.09 Å². The van der Waals surface area contributed by atoms with E-state index in [4.69, 9.17) is 15.0 Å². The van der Waals surface area contributed by atoms with Gasteiger partial charge in [-0.05, 0) is 70.0 Å². The quantitative estimate of drug-likeness (QED) is 0.227. The molecule has 1 saturated heterocycles. The van der Waals surface area contributed by atoms with Crippen LogP contribution in [0.1, 0.15) is 59.3 Å². The Hall–Kier alpha value is -2.67. The van der Waals surface area contributed by atoms with Gasteiger partial charge in [-0.1, -0.05) is 18.0 Å². The third-order valence-electron chi connectivity index (χ3n) is 5.08. The molecular formula is C22H36N6O3. The molecule has 0 spiro atoms. The van der Waals surface area contributed by atoms with Crippen LogP contribution < -0.4 is 15.0 Å². The van der Waals surface area contributed by atoms with Crippen molar-refractivity contribution in [2.45, 2.75) is 64.9 Å². The number of carbonyl (C=O) groups excluding carboxylic acids is 1. The highest BCUT2D eigenvalue weighted by Gasteiger charge is 2.22. The van der Waals surface area contributed by atoms with E-state index in [1.54, 1.807) is 6.20 Å². The molecule has 9 heteroatoms. The summed E-state index contributed by atoms with van der Waals surface area (Å²) in [6.45, 7) is 9.32. The Bertz CT molecular complexity index is 705. The van der Waals surface area contributed by atoms with Crippen molar-refractivity contribution in [3.63, 3.8) is 0 Å². The lowest BCUT2D eigenvalue weighted by atomic mass is 9.97. The van der Waals surface area contributed by atoms with E-state index in [0.29, 0.717) is 25.6 Å². The maximum Gasteiger partial charge on any atom is 0.407 e. The molecule has 31 heavy (non-hydrogen) atoms. The number of anilines is 1. The molecule has 0 atom stereocenters. The average Bonchev–Trinajstić information content (AvgIpc) is 2.74. The molecule has 0 radical (unpaired) electrons. The lowest BCUT2D eigenvalue weighted by Crippen LogP contribution is -2.40. The van der Waals surface area contributed by atoms with E-state index in [1.165, 1.54) is 0 Å². The number of alkyl carbamates (subject to hydrolysis) is 1. The summed E-state index contributed by atoms with van der Waals surface area (Å²) in [6, 6.07) is 3.98. The van der Waals surface area contributed by atoms with E-state index in [1.807, 2.05) is 32.9 Å². The van der Waals surface area contributed by atoms with E-state index in [9.17, 15) is 4.79 Å². The first-order valence-electron chi connectivity index (χ1n) is 11.2. The van der Waals surface area contributed by atoms with E-state index in [0.717, 1.165) is 63.2 Å². The number of ether oxygens (including phenoxy) is 2. The first-order valence-corrected chi connectivity index (χ1v) is 11.2. The first-order chi connectivity index (χ1) is 14.9. The number of hydrogen-bond acceptors (Lipinski definition) is 6. The Morgan fingerprint density at radius 2 is 2.00 bits per heavy atom. The number of pyridine rings is 1. The minimum absolute atomic E-state index is 0.347. The number of azide groups is 1. The molecule has 1 fully saturated rings. The number of nitrogens with zero attached hydrogens (tertiary/aromatic N) is 5. The van der Waals surface area contributed by atoms with Gasteiger partial charge in [0.15, 0.2) is 0 Å². The largest absolute Gasteiger partial charge is 0.492 e. The number of aromatic nitrogens is 1. The van der Waals surface area contributed by atoms with Crippen LogP contribution in [0.4, 0.5) is 10.6 Å². The van der Waals surface area contributed by atoms with Gasteiger partial charge in [-0.25, -0.2) is 9.78 Å². The zero-order chi connectivity index (χ0) is 22.5. The normalized spacial score (nSPS) is 14.6. The molecule has 0 saturated carbocycles. The fourth-order valence-electron chi connectivity index (χ4n) is 3.43. The molecule has 0 bridgehead atoms. The Labute approximate surface area is 185 Å². The number of piperidine rings is 1. The number of rotatable bonds is 11. The molecule has 0 aromatic carbocycles. The average molecular weight is 433 g/mol. The standard InChI is InChI=1S/C22H36N6O3/c1-22(2,3)31-21(29)25-16-18-10-13-28(14-11-18)20-9-8-19(17-24-20)30-15-7-5-4-6-12-26-27-23/h8-9,17-18H,4-7,10-16H2,1-3H3,(H,25,29).